The lowest BCUT2D eigenvalue weighted by Gasteiger charge is -2.34. The molecule has 0 fully saturated rings. The number of anilines is 1. The van der Waals surface area contributed by atoms with Gasteiger partial charge in [-0.3, -0.25) is 13.9 Å². The lowest BCUT2D eigenvalue weighted by Crippen LogP contribution is -2.53. The van der Waals surface area contributed by atoms with Gasteiger partial charge in [0.05, 0.1) is 24.3 Å². The number of nitrogens with one attached hydrogen (secondary N) is 1. The third-order valence-corrected chi connectivity index (χ3v) is 9.88. The van der Waals surface area contributed by atoms with Crippen molar-refractivity contribution in [1.29, 1.82) is 0 Å². The molecule has 2 amide bonds. The van der Waals surface area contributed by atoms with Crippen molar-refractivity contribution in [2.24, 2.45) is 0 Å². The van der Waals surface area contributed by atoms with Crippen LogP contribution in [0.5, 0.6) is 11.5 Å². The third-order valence-electron chi connectivity index (χ3n) is 7.36. The number of para-hydroxylation sites is 2. The fraction of sp³-hybridized carbons (Fsp3) is 0.257. The number of carbonyl (C=O) groups is 2. The molecule has 0 aliphatic carbocycles. The van der Waals surface area contributed by atoms with Gasteiger partial charge in [0.1, 0.15) is 24.1 Å². The Morgan fingerprint density at radius 2 is 1.57 bits per heavy atom. The van der Waals surface area contributed by atoms with Crippen LogP contribution in [0.15, 0.2) is 113 Å². The van der Waals surface area contributed by atoms with E-state index in [4.69, 9.17) is 9.47 Å². The second-order valence-electron chi connectivity index (χ2n) is 10.3. The Morgan fingerprint density at radius 1 is 0.891 bits per heavy atom. The Kier molecular flexibility index (Phi) is 12.1. The summed E-state index contributed by atoms with van der Waals surface area (Å²) < 4.78 is 41.0. The molecule has 0 aliphatic heterocycles. The van der Waals surface area contributed by atoms with Gasteiger partial charge in [-0.05, 0) is 72.8 Å². The monoisotopic (exact) mass is 661 g/mol. The predicted octanol–water partition coefficient (Wildman–Crippen LogP) is 5.40. The molecule has 1 N–H and O–H groups in total. The van der Waals surface area contributed by atoms with Gasteiger partial charge in [0.25, 0.3) is 10.0 Å². The topological polar surface area (TPSA) is 105 Å². The van der Waals surface area contributed by atoms with Crippen LogP contribution < -0.4 is 19.1 Å². The first-order valence-electron chi connectivity index (χ1n) is 14.8. The highest BCUT2D eigenvalue weighted by Gasteiger charge is 2.35. The van der Waals surface area contributed by atoms with Crippen LogP contribution in [0.1, 0.15) is 18.1 Å². The minimum Gasteiger partial charge on any atom is -0.497 e. The summed E-state index contributed by atoms with van der Waals surface area (Å²) in [6, 6.07) is 28.9. The Bertz CT molecular complexity index is 1720. The molecule has 9 nitrogen and oxygen atoms in total. The van der Waals surface area contributed by atoms with Crippen molar-refractivity contribution in [3.63, 3.8) is 0 Å². The maximum atomic E-state index is 14.5. The number of amides is 2. The normalized spacial score (nSPS) is 11.7. The first-order chi connectivity index (χ1) is 22.2. The summed E-state index contributed by atoms with van der Waals surface area (Å²) in [5, 5.41) is 2.70. The van der Waals surface area contributed by atoms with Crippen LogP contribution in [-0.2, 0) is 32.6 Å². The number of hydrogen-bond donors (Lipinski definition) is 1. The molecule has 0 saturated carbocycles. The third kappa shape index (κ3) is 8.41. The Morgan fingerprint density at radius 3 is 2.22 bits per heavy atom. The van der Waals surface area contributed by atoms with Crippen LogP contribution >= 0.6 is 11.8 Å². The van der Waals surface area contributed by atoms with Gasteiger partial charge in [0.2, 0.25) is 11.8 Å². The zero-order valence-corrected chi connectivity index (χ0v) is 28.0. The van der Waals surface area contributed by atoms with Crippen molar-refractivity contribution in [2.45, 2.75) is 35.7 Å². The number of thioether (sulfide) groups is 1. The van der Waals surface area contributed by atoms with Crippen molar-refractivity contribution in [2.75, 3.05) is 37.9 Å². The van der Waals surface area contributed by atoms with E-state index in [1.807, 2.05) is 42.7 Å². The van der Waals surface area contributed by atoms with Gasteiger partial charge in [-0.1, -0.05) is 54.6 Å². The molecule has 1 atom stereocenters. The predicted molar refractivity (Wildman–Crippen MR) is 182 cm³/mol. The average Bonchev–Trinajstić information content (AvgIpc) is 3.09. The van der Waals surface area contributed by atoms with Crippen LogP contribution in [0.25, 0.3) is 0 Å². The minimum absolute atomic E-state index is 0.0240. The molecule has 11 heteroatoms. The molecule has 0 radical (unpaired) electrons. The van der Waals surface area contributed by atoms with Gasteiger partial charge < -0.3 is 19.7 Å². The second-order valence-corrected chi connectivity index (χ2v) is 13.0. The molecular weight excluding hydrogens is 623 g/mol. The first-order valence-corrected chi connectivity index (χ1v) is 17.4. The molecular formula is C35H39N3O6S2. The number of sulfonamides is 1. The van der Waals surface area contributed by atoms with E-state index in [0.717, 1.165) is 14.8 Å². The minimum atomic E-state index is -4.27. The van der Waals surface area contributed by atoms with Gasteiger partial charge in [0, 0.05) is 24.9 Å². The summed E-state index contributed by atoms with van der Waals surface area (Å²) in [7, 11) is -1.20. The van der Waals surface area contributed by atoms with E-state index in [-0.39, 0.29) is 29.5 Å². The molecule has 0 spiro atoms. The molecule has 0 bridgehead atoms. The summed E-state index contributed by atoms with van der Waals surface area (Å²) in [5.74, 6) is -0.0404. The van der Waals surface area contributed by atoms with Crippen LogP contribution in [0.4, 0.5) is 5.69 Å². The van der Waals surface area contributed by atoms with Crippen molar-refractivity contribution in [3.05, 3.63) is 114 Å². The number of benzene rings is 4. The Balaban J connectivity index is 1.83. The van der Waals surface area contributed by atoms with E-state index in [0.29, 0.717) is 23.7 Å². The maximum Gasteiger partial charge on any atom is 0.264 e. The number of methoxy groups -OCH3 is 1. The molecule has 46 heavy (non-hydrogen) atoms. The smallest absolute Gasteiger partial charge is 0.264 e. The first kappa shape index (κ1) is 34.4. The van der Waals surface area contributed by atoms with Crippen LogP contribution in [0.2, 0.25) is 0 Å². The molecule has 4 rings (SSSR count). The molecule has 4 aromatic rings. The standard InChI is InChI=1S/C35H39N3O6S2/c1-5-44-33-17-10-9-16-31(33)38(46(41,42)30-20-18-29(45-4)19-21-30)25-34(39)37(24-27-14-11-15-28(22-27)43-3)32(35(40)36-2)23-26-12-7-6-8-13-26/h6-22,32H,5,23-25H2,1-4H3,(H,36,40)/t32-/m0/s1. The molecule has 0 unspecified atom stereocenters. The molecule has 0 aromatic heterocycles. The Labute approximate surface area is 275 Å². The SMILES string of the molecule is CCOc1ccccc1N(CC(=O)N(Cc1cccc(OC)c1)[C@@H](Cc1ccccc1)C(=O)NC)S(=O)(=O)c1ccc(SC)cc1. The van der Waals surface area contributed by atoms with Crippen molar-refractivity contribution >= 4 is 39.3 Å². The fourth-order valence-electron chi connectivity index (χ4n) is 5.02. The van der Waals surface area contributed by atoms with Crippen molar-refractivity contribution < 1.29 is 27.5 Å². The van der Waals surface area contributed by atoms with E-state index in [9.17, 15) is 18.0 Å². The van der Waals surface area contributed by atoms with Crippen molar-refractivity contribution in [1.82, 2.24) is 10.2 Å². The quantitative estimate of drug-likeness (QED) is 0.170. The highest BCUT2D eigenvalue weighted by atomic mass is 32.2. The molecule has 0 aliphatic rings. The average molecular weight is 662 g/mol. The second kappa shape index (κ2) is 16.2. The van der Waals surface area contributed by atoms with Crippen molar-refractivity contribution in [3.8, 4) is 11.5 Å². The van der Waals surface area contributed by atoms with Crippen LogP contribution in [0.3, 0.4) is 0 Å². The van der Waals surface area contributed by atoms with E-state index in [1.165, 1.54) is 35.8 Å². The highest BCUT2D eigenvalue weighted by Crippen LogP contribution is 2.33. The summed E-state index contributed by atoms with van der Waals surface area (Å²) >= 11 is 1.49. The van der Waals surface area contributed by atoms with E-state index in [1.54, 1.807) is 68.6 Å². The van der Waals surface area contributed by atoms with E-state index < -0.39 is 28.5 Å². The van der Waals surface area contributed by atoms with Gasteiger partial charge in [-0.15, -0.1) is 11.8 Å². The van der Waals surface area contributed by atoms with Gasteiger partial charge in [-0.25, -0.2) is 8.42 Å². The summed E-state index contributed by atoms with van der Waals surface area (Å²) in [6.45, 7) is 1.54. The molecule has 0 saturated heterocycles. The number of rotatable bonds is 15. The highest BCUT2D eigenvalue weighted by molar-refractivity contribution is 7.98. The lowest BCUT2D eigenvalue weighted by molar-refractivity contribution is -0.139. The van der Waals surface area contributed by atoms with Crippen LogP contribution in [-0.4, -0.2) is 64.7 Å². The van der Waals surface area contributed by atoms with Crippen LogP contribution in [0, 0.1) is 0 Å². The lowest BCUT2D eigenvalue weighted by atomic mass is 10.0. The fourth-order valence-corrected chi connectivity index (χ4v) is 6.85. The van der Waals surface area contributed by atoms with Gasteiger partial charge in [0.15, 0.2) is 0 Å². The number of likely N-dealkylation sites (N-methyl/N-ethyl adjacent to an activating group) is 1. The van der Waals surface area contributed by atoms with Gasteiger partial charge >= 0.3 is 0 Å². The molecule has 0 heterocycles. The Hall–Kier alpha value is -4.48. The summed E-state index contributed by atoms with van der Waals surface area (Å²) in [4.78, 5) is 30.4. The maximum absolute atomic E-state index is 14.5. The summed E-state index contributed by atoms with van der Waals surface area (Å²) in [5.41, 5.74) is 1.78. The number of hydrogen-bond acceptors (Lipinski definition) is 7. The number of nitrogens with zero attached hydrogens (tertiary/aromatic N) is 2. The zero-order valence-electron chi connectivity index (χ0n) is 26.4. The molecule has 4 aromatic carbocycles. The molecule has 242 valence electrons. The van der Waals surface area contributed by atoms with Gasteiger partial charge in [-0.2, -0.15) is 0 Å². The zero-order chi connectivity index (χ0) is 33.1. The van der Waals surface area contributed by atoms with E-state index in [2.05, 4.69) is 5.32 Å². The van der Waals surface area contributed by atoms with E-state index >= 15 is 0 Å². The summed E-state index contributed by atoms with van der Waals surface area (Å²) in [6.07, 6.45) is 2.12. The number of ether oxygens (including phenoxy) is 2. The number of carbonyl (C=O) groups excluding carboxylic acids is 2. The largest absolute Gasteiger partial charge is 0.497 e.